The number of likely N-dealkylation sites (tertiary alicyclic amines) is 1. The van der Waals surface area contributed by atoms with Crippen molar-refractivity contribution in [3.05, 3.63) is 66.3 Å². The topological polar surface area (TPSA) is 81.6 Å². The molecule has 4 aliphatic rings. The van der Waals surface area contributed by atoms with E-state index in [1.165, 1.54) is 64.5 Å². The number of piperidine rings is 1. The zero-order valence-corrected chi connectivity index (χ0v) is 27.0. The van der Waals surface area contributed by atoms with Crippen molar-refractivity contribution in [2.45, 2.75) is 93.0 Å². The molecule has 0 aromatic heterocycles. The lowest BCUT2D eigenvalue weighted by atomic mass is 9.77. The summed E-state index contributed by atoms with van der Waals surface area (Å²) in [7, 11) is 2.14. The van der Waals surface area contributed by atoms with Gasteiger partial charge >= 0.3 is 6.18 Å². The lowest BCUT2D eigenvalue weighted by Crippen LogP contribution is -2.39. The second kappa shape index (κ2) is 17.2. The molecule has 4 unspecified atom stereocenters. The molecule has 1 aromatic rings. The molecule has 0 amide bonds. The molecule has 3 aliphatic carbocycles. The Morgan fingerprint density at radius 3 is 2.09 bits per heavy atom. The molecule has 45 heavy (non-hydrogen) atoms. The number of ether oxygens (including phenoxy) is 1. The molecular formula is C34H48F5N3O2S. The Bertz CT molecular complexity index is 1120. The Morgan fingerprint density at radius 1 is 0.978 bits per heavy atom. The third-order valence-corrected chi connectivity index (χ3v) is 9.92. The van der Waals surface area contributed by atoms with Gasteiger partial charge in [-0.1, -0.05) is 68.0 Å². The van der Waals surface area contributed by atoms with E-state index >= 15 is 0 Å². The van der Waals surface area contributed by atoms with E-state index in [1.807, 2.05) is 11.8 Å². The minimum atomic E-state index is -4.64. The summed E-state index contributed by atoms with van der Waals surface area (Å²) in [6, 6.07) is 1.72. The number of hydrogen-bond acceptors (Lipinski definition) is 6. The molecule has 11 heteroatoms. The van der Waals surface area contributed by atoms with E-state index in [-0.39, 0.29) is 11.8 Å². The van der Waals surface area contributed by atoms with E-state index in [2.05, 4.69) is 49.1 Å². The number of benzene rings is 1. The van der Waals surface area contributed by atoms with Crippen LogP contribution in [0.3, 0.4) is 0 Å². The molecule has 1 aliphatic heterocycles. The first-order chi connectivity index (χ1) is 21.2. The molecule has 5 nitrogen and oxygen atoms in total. The minimum absolute atomic E-state index is 0.122. The van der Waals surface area contributed by atoms with Gasteiger partial charge in [0, 0.05) is 16.9 Å². The number of halogens is 5. The van der Waals surface area contributed by atoms with Gasteiger partial charge in [0.1, 0.15) is 12.3 Å². The Labute approximate surface area is 268 Å². The van der Waals surface area contributed by atoms with E-state index in [0.717, 1.165) is 41.4 Å². The van der Waals surface area contributed by atoms with Crippen LogP contribution >= 0.6 is 11.8 Å². The fourth-order valence-corrected chi connectivity index (χ4v) is 6.59. The number of alkyl halides is 5. The number of nitrogens with two attached hydrogens (primary N) is 2. The zero-order valence-electron chi connectivity index (χ0n) is 26.2. The molecule has 252 valence electrons. The van der Waals surface area contributed by atoms with Crippen LogP contribution in [-0.2, 0) is 15.5 Å². The second-order valence-corrected chi connectivity index (χ2v) is 13.5. The van der Waals surface area contributed by atoms with Crippen LogP contribution in [0, 0.1) is 11.8 Å². The maximum absolute atomic E-state index is 13.5. The number of aldehydes is 1. The molecule has 0 spiro atoms. The largest absolute Gasteiger partial charge is 0.416 e. The van der Waals surface area contributed by atoms with E-state index in [4.69, 9.17) is 16.2 Å². The van der Waals surface area contributed by atoms with E-state index in [0.29, 0.717) is 18.2 Å². The Balaban J connectivity index is 0.000000198. The normalized spacial score (nSPS) is 26.6. The highest BCUT2D eigenvalue weighted by Gasteiger charge is 2.39. The summed E-state index contributed by atoms with van der Waals surface area (Å²) in [4.78, 5) is 12.6. The van der Waals surface area contributed by atoms with Gasteiger partial charge in [-0.05, 0) is 82.3 Å². The molecule has 0 radical (unpaired) electrons. The van der Waals surface area contributed by atoms with Gasteiger partial charge < -0.3 is 25.9 Å². The summed E-state index contributed by atoms with van der Waals surface area (Å²) in [6.07, 6.45) is 18.2. The average Bonchev–Trinajstić information content (AvgIpc) is 3.54. The van der Waals surface area contributed by atoms with Gasteiger partial charge in [-0.2, -0.15) is 33.7 Å². The number of nitrogens with zero attached hydrogens (tertiary/aromatic N) is 1. The van der Waals surface area contributed by atoms with Crippen molar-refractivity contribution < 1.29 is 31.5 Å². The SMILES string of the molecule is C=C(c1ccc(C(F)(F)[C@H](N)C=O)cc1)C(F)(F)F.CN1CCC(N)CC1.CSC1C=CC2CC(OC3CCCC3)C=CC2C1. The molecule has 4 N–H and O–H groups in total. The van der Waals surface area contributed by atoms with Gasteiger partial charge in [-0.3, -0.25) is 0 Å². The molecular weight excluding hydrogens is 609 g/mol. The molecule has 0 bridgehead atoms. The lowest BCUT2D eigenvalue weighted by molar-refractivity contribution is -0.118. The average molecular weight is 658 g/mol. The van der Waals surface area contributed by atoms with Crippen molar-refractivity contribution in [1.29, 1.82) is 0 Å². The first-order valence-corrected chi connectivity index (χ1v) is 17.0. The number of allylic oxidation sites excluding steroid dienone is 3. The fraction of sp³-hybridized carbons (Fsp3) is 0.618. The third-order valence-electron chi connectivity index (χ3n) is 8.97. The Morgan fingerprint density at radius 2 is 1.56 bits per heavy atom. The number of carbonyl (C=O) groups is 1. The number of hydrogen-bond donors (Lipinski definition) is 2. The highest BCUT2D eigenvalue weighted by atomic mass is 32.2. The van der Waals surface area contributed by atoms with Crippen molar-refractivity contribution in [2.24, 2.45) is 23.3 Å². The van der Waals surface area contributed by atoms with Crippen LogP contribution in [-0.4, -0.2) is 73.3 Å². The molecule has 1 aromatic carbocycles. The summed E-state index contributed by atoms with van der Waals surface area (Å²) < 4.78 is 70.3. The summed E-state index contributed by atoms with van der Waals surface area (Å²) in [6.45, 7) is 5.21. The fourth-order valence-electron chi connectivity index (χ4n) is 5.93. The smallest absolute Gasteiger partial charge is 0.371 e. The standard InChI is InChI=1S/C16H24OS.C12H10F5NO.C6H14N2/c1-18-16-9-7-12-10-15(8-6-13(12)11-16)17-14-4-2-3-5-14;1-7(12(15,16)17)8-2-4-9(5-3-8)11(13,14)10(18)6-19;1-8-4-2-6(7)3-5-8/h6-9,12-16H,2-5,10-11H2,1H3;2-6,10H,1,18H2;6H,2-5,7H2,1H3/t;10-;/m.1./s1. The monoisotopic (exact) mass is 657 g/mol. The van der Waals surface area contributed by atoms with Crippen molar-refractivity contribution in [3.8, 4) is 0 Å². The zero-order chi connectivity index (χ0) is 33.2. The van der Waals surface area contributed by atoms with Crippen LogP contribution in [0.25, 0.3) is 5.57 Å². The van der Waals surface area contributed by atoms with Gasteiger partial charge in [0.15, 0.2) is 0 Å². The predicted molar refractivity (Wildman–Crippen MR) is 173 cm³/mol. The molecule has 2 fully saturated rings. The van der Waals surface area contributed by atoms with E-state index < -0.39 is 29.3 Å². The highest BCUT2D eigenvalue weighted by molar-refractivity contribution is 7.99. The minimum Gasteiger partial charge on any atom is -0.371 e. The second-order valence-electron chi connectivity index (χ2n) is 12.4. The molecule has 1 saturated heterocycles. The summed E-state index contributed by atoms with van der Waals surface area (Å²) in [5.41, 5.74) is 8.51. The van der Waals surface area contributed by atoms with E-state index in [1.54, 1.807) is 0 Å². The first kappa shape index (κ1) is 37.4. The number of carbonyl (C=O) groups excluding carboxylic acids is 1. The van der Waals surface area contributed by atoms with Gasteiger partial charge in [-0.25, -0.2) is 0 Å². The molecule has 1 saturated carbocycles. The number of fused-ring (bicyclic) bond motifs is 1. The van der Waals surface area contributed by atoms with Crippen molar-refractivity contribution in [3.63, 3.8) is 0 Å². The van der Waals surface area contributed by atoms with Gasteiger partial charge in [-0.15, -0.1) is 0 Å². The number of rotatable bonds is 7. The third kappa shape index (κ3) is 11.3. The summed E-state index contributed by atoms with van der Waals surface area (Å²) in [5.74, 6) is -2.15. The summed E-state index contributed by atoms with van der Waals surface area (Å²) in [5, 5.41) is 0.725. The maximum Gasteiger partial charge on any atom is 0.416 e. The maximum atomic E-state index is 13.5. The van der Waals surface area contributed by atoms with Crippen LogP contribution < -0.4 is 11.5 Å². The predicted octanol–water partition coefficient (Wildman–Crippen LogP) is 7.12. The summed E-state index contributed by atoms with van der Waals surface area (Å²) >= 11 is 1.98. The van der Waals surface area contributed by atoms with Gasteiger partial charge in [0.05, 0.1) is 17.8 Å². The lowest BCUT2D eigenvalue weighted by Gasteiger charge is -2.35. The van der Waals surface area contributed by atoms with Crippen LogP contribution in [0.5, 0.6) is 0 Å². The Hall–Kier alpha value is -2.05. The van der Waals surface area contributed by atoms with Gasteiger partial charge in [0.2, 0.25) is 0 Å². The molecule has 5 rings (SSSR count). The molecule has 1 heterocycles. The number of thioether (sulfide) groups is 1. The van der Waals surface area contributed by atoms with Crippen molar-refractivity contribution in [2.75, 3.05) is 26.4 Å². The van der Waals surface area contributed by atoms with Gasteiger partial charge in [0.25, 0.3) is 5.92 Å². The highest BCUT2D eigenvalue weighted by Crippen LogP contribution is 2.38. The quantitative estimate of drug-likeness (QED) is 0.185. The van der Waals surface area contributed by atoms with Crippen LogP contribution in [0.15, 0.2) is 55.1 Å². The van der Waals surface area contributed by atoms with Crippen LogP contribution in [0.4, 0.5) is 22.0 Å². The first-order valence-electron chi connectivity index (χ1n) is 15.7. The van der Waals surface area contributed by atoms with E-state index in [9.17, 15) is 26.7 Å². The molecule has 5 atom stereocenters. The van der Waals surface area contributed by atoms with Crippen molar-refractivity contribution >= 4 is 23.6 Å². The van der Waals surface area contributed by atoms with Crippen molar-refractivity contribution in [1.82, 2.24) is 4.90 Å². The Kier molecular flexibility index (Phi) is 14.3. The van der Waals surface area contributed by atoms with Crippen LogP contribution in [0.2, 0.25) is 0 Å². The van der Waals surface area contributed by atoms with Crippen LogP contribution in [0.1, 0.15) is 62.5 Å².